The van der Waals surface area contributed by atoms with Crippen molar-refractivity contribution in [1.82, 2.24) is 10.2 Å². The number of sulfonamides is 1. The van der Waals surface area contributed by atoms with Gasteiger partial charge in [0.15, 0.2) is 0 Å². The molecule has 12 heteroatoms. The molecule has 3 aromatic carbocycles. The van der Waals surface area contributed by atoms with Gasteiger partial charge in [0.05, 0.1) is 22.6 Å². The quantitative estimate of drug-likeness (QED) is 0.220. The molecule has 11 nitrogen and oxygen atoms in total. The van der Waals surface area contributed by atoms with E-state index in [-0.39, 0.29) is 34.6 Å². The Kier molecular flexibility index (Phi) is 10.9. The van der Waals surface area contributed by atoms with Crippen molar-refractivity contribution in [2.24, 2.45) is 5.92 Å². The lowest BCUT2D eigenvalue weighted by Crippen LogP contribution is -2.51. The first-order valence-corrected chi connectivity index (χ1v) is 15.2. The second-order valence-corrected chi connectivity index (χ2v) is 12.5. The fraction of sp³-hybridized carbons (Fsp3) is 0.355. The van der Waals surface area contributed by atoms with Crippen LogP contribution in [-0.2, 0) is 26.2 Å². The molecule has 1 N–H and O–H groups in total. The first kappa shape index (κ1) is 33.1. The molecular weight excluding hydrogens is 572 g/mol. The number of carbonyl (C=O) groups excluding carboxylic acids is 2. The number of rotatable bonds is 13. The van der Waals surface area contributed by atoms with Crippen molar-refractivity contribution in [2.75, 3.05) is 24.5 Å². The number of carbonyl (C=O) groups is 2. The third-order valence-corrected chi connectivity index (χ3v) is 8.83. The highest BCUT2D eigenvalue weighted by Gasteiger charge is 2.33. The molecule has 0 fully saturated rings. The van der Waals surface area contributed by atoms with E-state index in [4.69, 9.17) is 4.74 Å². The summed E-state index contributed by atoms with van der Waals surface area (Å²) >= 11 is 0. The molecule has 0 heterocycles. The van der Waals surface area contributed by atoms with Crippen molar-refractivity contribution in [1.29, 1.82) is 0 Å². The molecule has 0 unspecified atom stereocenters. The number of amides is 2. The van der Waals surface area contributed by atoms with Crippen LogP contribution in [0.15, 0.2) is 71.6 Å². The minimum Gasteiger partial charge on any atom is -0.497 e. The SMILES string of the molecule is COc1ccc(N(CC(=O)N(Cc2ccccc2C)[C@H](C)C(=O)NCC(C)C)S(=O)(=O)c2ccc(C)c([N+](=O)[O-])c2)cc1. The van der Waals surface area contributed by atoms with Crippen LogP contribution in [0.4, 0.5) is 11.4 Å². The van der Waals surface area contributed by atoms with Crippen LogP contribution < -0.4 is 14.4 Å². The van der Waals surface area contributed by atoms with Crippen LogP contribution in [-0.4, -0.2) is 56.3 Å². The third kappa shape index (κ3) is 8.10. The van der Waals surface area contributed by atoms with Gasteiger partial charge in [-0.3, -0.25) is 24.0 Å². The van der Waals surface area contributed by atoms with E-state index in [9.17, 15) is 28.1 Å². The van der Waals surface area contributed by atoms with Gasteiger partial charge in [0.2, 0.25) is 11.8 Å². The lowest BCUT2D eigenvalue weighted by molar-refractivity contribution is -0.385. The van der Waals surface area contributed by atoms with Gasteiger partial charge in [0, 0.05) is 24.7 Å². The van der Waals surface area contributed by atoms with Crippen molar-refractivity contribution in [3.8, 4) is 5.75 Å². The number of aryl methyl sites for hydroxylation is 2. The topological polar surface area (TPSA) is 139 Å². The second-order valence-electron chi connectivity index (χ2n) is 10.7. The summed E-state index contributed by atoms with van der Waals surface area (Å²) in [6.07, 6.45) is 0. The fourth-order valence-corrected chi connectivity index (χ4v) is 5.79. The van der Waals surface area contributed by atoms with E-state index in [0.29, 0.717) is 17.9 Å². The molecule has 0 aliphatic carbocycles. The molecule has 0 aromatic heterocycles. The molecule has 0 saturated heterocycles. The first-order chi connectivity index (χ1) is 20.3. The Hall–Kier alpha value is -4.45. The minimum atomic E-state index is -4.48. The van der Waals surface area contributed by atoms with E-state index in [0.717, 1.165) is 21.5 Å². The zero-order valence-corrected chi connectivity index (χ0v) is 26.1. The fourth-order valence-electron chi connectivity index (χ4n) is 4.36. The van der Waals surface area contributed by atoms with Crippen molar-refractivity contribution < 1.29 is 27.7 Å². The van der Waals surface area contributed by atoms with Crippen LogP contribution in [0.25, 0.3) is 0 Å². The summed E-state index contributed by atoms with van der Waals surface area (Å²) in [5.41, 5.74) is 1.78. The highest BCUT2D eigenvalue weighted by Crippen LogP contribution is 2.29. The summed E-state index contributed by atoms with van der Waals surface area (Å²) in [4.78, 5) is 39.1. The van der Waals surface area contributed by atoms with E-state index < -0.39 is 33.4 Å². The Morgan fingerprint density at radius 2 is 1.63 bits per heavy atom. The van der Waals surface area contributed by atoms with Gasteiger partial charge in [-0.25, -0.2) is 8.42 Å². The summed E-state index contributed by atoms with van der Waals surface area (Å²) in [6.45, 7) is 8.71. The lowest BCUT2D eigenvalue weighted by atomic mass is 10.1. The van der Waals surface area contributed by atoms with Crippen molar-refractivity contribution in [2.45, 2.75) is 52.1 Å². The molecule has 0 radical (unpaired) electrons. The number of ether oxygens (including phenoxy) is 1. The van der Waals surface area contributed by atoms with Gasteiger partial charge in [0.1, 0.15) is 18.3 Å². The van der Waals surface area contributed by atoms with Crippen molar-refractivity contribution in [3.05, 3.63) is 93.5 Å². The number of benzene rings is 3. The first-order valence-electron chi connectivity index (χ1n) is 13.8. The van der Waals surface area contributed by atoms with Crippen LogP contribution in [0.2, 0.25) is 0 Å². The zero-order chi connectivity index (χ0) is 31.9. The number of methoxy groups -OCH3 is 1. The molecule has 0 saturated carbocycles. The Morgan fingerprint density at radius 3 is 2.21 bits per heavy atom. The van der Waals surface area contributed by atoms with Crippen LogP contribution in [0.3, 0.4) is 0 Å². The smallest absolute Gasteiger partial charge is 0.273 e. The maximum atomic E-state index is 14.1. The molecule has 1 atom stereocenters. The number of anilines is 1. The van der Waals surface area contributed by atoms with Gasteiger partial charge < -0.3 is 15.0 Å². The number of nitro groups is 1. The van der Waals surface area contributed by atoms with E-state index in [1.165, 1.54) is 43.2 Å². The number of hydrogen-bond acceptors (Lipinski definition) is 7. The average molecular weight is 611 g/mol. The van der Waals surface area contributed by atoms with Crippen molar-refractivity contribution >= 4 is 33.2 Å². The Balaban J connectivity index is 2.09. The molecule has 43 heavy (non-hydrogen) atoms. The average Bonchev–Trinajstić information content (AvgIpc) is 2.97. The summed E-state index contributed by atoms with van der Waals surface area (Å²) < 4.78 is 34.2. The highest BCUT2D eigenvalue weighted by molar-refractivity contribution is 7.92. The van der Waals surface area contributed by atoms with Crippen LogP contribution in [0.1, 0.15) is 37.5 Å². The predicted octanol–water partition coefficient (Wildman–Crippen LogP) is 4.61. The molecule has 0 bridgehead atoms. The van der Waals surface area contributed by atoms with Gasteiger partial charge in [-0.15, -0.1) is 0 Å². The van der Waals surface area contributed by atoms with Gasteiger partial charge in [-0.05, 0) is 68.1 Å². The van der Waals surface area contributed by atoms with Gasteiger partial charge in [-0.1, -0.05) is 44.2 Å². The summed E-state index contributed by atoms with van der Waals surface area (Å²) in [7, 11) is -3.02. The third-order valence-electron chi connectivity index (χ3n) is 7.06. The zero-order valence-electron chi connectivity index (χ0n) is 25.2. The van der Waals surface area contributed by atoms with E-state index in [2.05, 4.69) is 5.32 Å². The molecule has 230 valence electrons. The molecule has 3 rings (SSSR count). The second kappa shape index (κ2) is 14.1. The van der Waals surface area contributed by atoms with E-state index >= 15 is 0 Å². The summed E-state index contributed by atoms with van der Waals surface area (Å²) in [5, 5.41) is 14.4. The molecule has 3 aromatic rings. The Labute approximate surface area is 252 Å². The van der Waals surface area contributed by atoms with Crippen molar-refractivity contribution in [3.63, 3.8) is 0 Å². The predicted molar refractivity (Wildman–Crippen MR) is 164 cm³/mol. The summed E-state index contributed by atoms with van der Waals surface area (Å²) in [6, 6.07) is 16.2. The Bertz CT molecular complexity index is 1570. The molecular formula is C31H38N4O7S. The minimum absolute atomic E-state index is 0.0638. The van der Waals surface area contributed by atoms with Gasteiger partial charge in [-0.2, -0.15) is 0 Å². The number of nitro benzene ring substituents is 1. The molecule has 2 amide bonds. The maximum absolute atomic E-state index is 14.1. The normalized spacial score (nSPS) is 12.0. The molecule has 0 spiro atoms. The lowest BCUT2D eigenvalue weighted by Gasteiger charge is -2.32. The van der Waals surface area contributed by atoms with Gasteiger partial charge >= 0.3 is 0 Å². The highest BCUT2D eigenvalue weighted by atomic mass is 32.2. The van der Waals surface area contributed by atoms with Crippen LogP contribution in [0.5, 0.6) is 5.75 Å². The number of hydrogen-bond donors (Lipinski definition) is 1. The monoisotopic (exact) mass is 610 g/mol. The molecule has 0 aliphatic heterocycles. The standard InChI is InChI=1S/C31H38N4O7S/c1-21(2)18-32-31(37)24(5)33(19-25-10-8-7-9-22(25)3)30(36)20-34(26-12-14-27(42-6)15-13-26)43(40,41)28-16-11-23(4)29(17-28)35(38)39/h7-17,21,24H,18-20H2,1-6H3,(H,32,37)/t24-/m1/s1. The number of nitrogens with one attached hydrogen (secondary N) is 1. The van der Waals surface area contributed by atoms with Crippen LogP contribution in [0, 0.1) is 29.9 Å². The van der Waals surface area contributed by atoms with E-state index in [1.807, 2.05) is 45.0 Å². The van der Waals surface area contributed by atoms with Gasteiger partial charge in [0.25, 0.3) is 15.7 Å². The summed E-state index contributed by atoms with van der Waals surface area (Å²) in [5.74, 6) is -0.346. The Morgan fingerprint density at radius 1 is 0.977 bits per heavy atom. The number of nitrogens with zero attached hydrogens (tertiary/aromatic N) is 3. The van der Waals surface area contributed by atoms with E-state index in [1.54, 1.807) is 19.1 Å². The maximum Gasteiger partial charge on any atom is 0.273 e. The largest absolute Gasteiger partial charge is 0.497 e. The van der Waals surface area contributed by atoms with Crippen LogP contribution >= 0.6 is 0 Å². The molecule has 0 aliphatic rings.